The van der Waals surface area contributed by atoms with Gasteiger partial charge in [-0.1, -0.05) is 6.07 Å². The van der Waals surface area contributed by atoms with Gasteiger partial charge in [-0.05, 0) is 30.8 Å². The molecule has 0 aliphatic carbocycles. The van der Waals surface area contributed by atoms with Gasteiger partial charge in [-0.3, -0.25) is 15.1 Å². The number of piperazine rings is 1. The normalized spacial score (nSPS) is 16.2. The number of benzene rings is 1. The molecule has 3 rings (SSSR count). The van der Waals surface area contributed by atoms with Crippen molar-refractivity contribution in [2.24, 2.45) is 0 Å². The topological polar surface area (TPSA) is 109 Å². The summed E-state index contributed by atoms with van der Waals surface area (Å²) >= 11 is 0. The SMILES string of the molecule is CN1CCN(S(=O)(=O)c2ccc(NCc3cccnc3)c([N+](=O)[O-])c2)CC1. The third-order valence-electron chi connectivity index (χ3n) is 4.47. The van der Waals surface area contributed by atoms with Gasteiger partial charge in [0, 0.05) is 51.2 Å². The Morgan fingerprint density at radius 2 is 1.96 bits per heavy atom. The third kappa shape index (κ3) is 4.41. The van der Waals surface area contributed by atoms with E-state index in [-0.39, 0.29) is 16.3 Å². The summed E-state index contributed by atoms with van der Waals surface area (Å²) in [7, 11) is -1.83. The zero-order chi connectivity index (χ0) is 19.4. The van der Waals surface area contributed by atoms with Gasteiger partial charge < -0.3 is 10.2 Å². The van der Waals surface area contributed by atoms with Crippen molar-refractivity contribution < 1.29 is 13.3 Å². The van der Waals surface area contributed by atoms with Crippen LogP contribution in [0.15, 0.2) is 47.6 Å². The predicted molar refractivity (Wildman–Crippen MR) is 101 cm³/mol. The molecule has 1 aliphatic heterocycles. The molecule has 27 heavy (non-hydrogen) atoms. The number of pyridine rings is 1. The molecule has 1 fully saturated rings. The molecule has 10 heteroatoms. The van der Waals surface area contributed by atoms with Crippen LogP contribution in [0.2, 0.25) is 0 Å². The average molecular weight is 391 g/mol. The Morgan fingerprint density at radius 1 is 1.22 bits per heavy atom. The molecular weight excluding hydrogens is 370 g/mol. The number of rotatable bonds is 6. The lowest BCUT2D eigenvalue weighted by Gasteiger charge is -2.31. The Kier molecular flexibility index (Phi) is 5.68. The fraction of sp³-hybridized carbons (Fsp3) is 0.353. The molecule has 0 radical (unpaired) electrons. The molecule has 0 atom stereocenters. The fourth-order valence-electron chi connectivity index (χ4n) is 2.85. The number of hydrogen-bond acceptors (Lipinski definition) is 7. The van der Waals surface area contributed by atoms with E-state index in [0.717, 1.165) is 11.6 Å². The second kappa shape index (κ2) is 7.99. The highest BCUT2D eigenvalue weighted by molar-refractivity contribution is 7.89. The van der Waals surface area contributed by atoms with Crippen LogP contribution in [0.1, 0.15) is 5.56 Å². The van der Waals surface area contributed by atoms with Gasteiger partial charge in [-0.15, -0.1) is 0 Å². The van der Waals surface area contributed by atoms with Crippen LogP contribution >= 0.6 is 0 Å². The van der Waals surface area contributed by atoms with Gasteiger partial charge in [0.25, 0.3) is 5.69 Å². The van der Waals surface area contributed by atoms with Crippen molar-refractivity contribution in [2.45, 2.75) is 11.4 Å². The first-order valence-electron chi connectivity index (χ1n) is 8.48. The first-order chi connectivity index (χ1) is 12.9. The van der Waals surface area contributed by atoms with Gasteiger partial charge in [0.05, 0.1) is 9.82 Å². The van der Waals surface area contributed by atoms with Crippen LogP contribution in [0.25, 0.3) is 0 Å². The van der Waals surface area contributed by atoms with E-state index in [1.807, 2.05) is 18.0 Å². The molecule has 2 aromatic rings. The first kappa shape index (κ1) is 19.2. The van der Waals surface area contributed by atoms with Gasteiger partial charge in [-0.25, -0.2) is 8.42 Å². The van der Waals surface area contributed by atoms with Crippen molar-refractivity contribution in [1.82, 2.24) is 14.2 Å². The summed E-state index contributed by atoms with van der Waals surface area (Å²) in [6.45, 7) is 2.35. The fourth-order valence-corrected chi connectivity index (χ4v) is 4.29. The summed E-state index contributed by atoms with van der Waals surface area (Å²) in [6.07, 6.45) is 3.30. The highest BCUT2D eigenvalue weighted by Crippen LogP contribution is 2.29. The smallest absolute Gasteiger partial charge is 0.293 e. The second-order valence-electron chi connectivity index (χ2n) is 6.36. The van der Waals surface area contributed by atoms with Crippen molar-refractivity contribution in [1.29, 1.82) is 0 Å². The van der Waals surface area contributed by atoms with Crippen molar-refractivity contribution in [3.8, 4) is 0 Å². The van der Waals surface area contributed by atoms with E-state index >= 15 is 0 Å². The van der Waals surface area contributed by atoms with Crippen LogP contribution in [0.4, 0.5) is 11.4 Å². The van der Waals surface area contributed by atoms with E-state index in [1.54, 1.807) is 18.5 Å². The van der Waals surface area contributed by atoms with Crippen molar-refractivity contribution in [3.05, 3.63) is 58.4 Å². The minimum Gasteiger partial charge on any atom is -0.375 e. The maximum Gasteiger partial charge on any atom is 0.293 e. The minimum absolute atomic E-state index is 0.0642. The molecule has 9 nitrogen and oxygen atoms in total. The zero-order valence-corrected chi connectivity index (χ0v) is 15.7. The summed E-state index contributed by atoms with van der Waals surface area (Å²) < 4.78 is 27.0. The molecule has 0 spiro atoms. The standard InChI is InChI=1S/C17H21N5O4S/c1-20-7-9-21(10-8-20)27(25,26)15-4-5-16(17(11-15)22(23)24)19-13-14-3-2-6-18-12-14/h2-6,11-12,19H,7-10,13H2,1H3. The van der Waals surface area contributed by atoms with Gasteiger partial charge in [-0.2, -0.15) is 4.31 Å². The highest BCUT2D eigenvalue weighted by Gasteiger charge is 2.29. The summed E-state index contributed by atoms with van der Waals surface area (Å²) in [6, 6.07) is 7.60. The van der Waals surface area contributed by atoms with Gasteiger partial charge in [0.2, 0.25) is 10.0 Å². The van der Waals surface area contributed by atoms with Gasteiger partial charge >= 0.3 is 0 Å². The molecule has 1 aromatic heterocycles. The zero-order valence-electron chi connectivity index (χ0n) is 14.9. The molecule has 0 amide bonds. The minimum atomic E-state index is -3.76. The number of sulfonamides is 1. The lowest BCUT2D eigenvalue weighted by molar-refractivity contribution is -0.384. The molecule has 0 unspecified atom stereocenters. The first-order valence-corrected chi connectivity index (χ1v) is 9.92. The van der Waals surface area contributed by atoms with Crippen LogP contribution in [0, 0.1) is 10.1 Å². The molecule has 1 saturated heterocycles. The van der Waals surface area contributed by atoms with Crippen LogP contribution in [-0.2, 0) is 16.6 Å². The third-order valence-corrected chi connectivity index (χ3v) is 6.37. The van der Waals surface area contributed by atoms with Crippen LogP contribution in [0.5, 0.6) is 0 Å². The summed E-state index contributed by atoms with van der Waals surface area (Å²) in [5, 5.41) is 14.4. The lowest BCUT2D eigenvalue weighted by atomic mass is 10.2. The Bertz CT molecular complexity index is 912. The van der Waals surface area contributed by atoms with Crippen molar-refractivity contribution >= 4 is 21.4 Å². The van der Waals surface area contributed by atoms with Gasteiger partial charge in [0.15, 0.2) is 0 Å². The van der Waals surface area contributed by atoms with Crippen LogP contribution in [0.3, 0.4) is 0 Å². The molecule has 1 aliphatic rings. The highest BCUT2D eigenvalue weighted by atomic mass is 32.2. The molecule has 0 saturated carbocycles. The lowest BCUT2D eigenvalue weighted by Crippen LogP contribution is -2.47. The number of nitro groups is 1. The summed E-state index contributed by atoms with van der Waals surface area (Å²) in [5.74, 6) is 0. The van der Waals surface area contributed by atoms with E-state index in [1.165, 1.54) is 16.4 Å². The average Bonchev–Trinajstić information content (AvgIpc) is 2.67. The van der Waals surface area contributed by atoms with Crippen LogP contribution < -0.4 is 5.32 Å². The predicted octanol–water partition coefficient (Wildman–Crippen LogP) is 1.54. The Labute approximate surface area is 157 Å². The number of likely N-dealkylation sites (N-methyl/N-ethyl adjacent to an activating group) is 1. The number of aromatic nitrogens is 1. The maximum absolute atomic E-state index is 12.8. The molecule has 0 bridgehead atoms. The summed E-state index contributed by atoms with van der Waals surface area (Å²) in [4.78, 5) is 16.9. The van der Waals surface area contributed by atoms with E-state index in [4.69, 9.17) is 0 Å². The number of nitrogens with zero attached hydrogens (tertiary/aromatic N) is 4. The number of anilines is 1. The second-order valence-corrected chi connectivity index (χ2v) is 8.30. The Hall–Kier alpha value is -2.56. The number of nitrogens with one attached hydrogen (secondary N) is 1. The number of hydrogen-bond donors (Lipinski definition) is 1. The van der Waals surface area contributed by atoms with E-state index in [0.29, 0.717) is 32.7 Å². The van der Waals surface area contributed by atoms with E-state index in [9.17, 15) is 18.5 Å². The molecule has 2 heterocycles. The molecule has 144 valence electrons. The van der Waals surface area contributed by atoms with Crippen molar-refractivity contribution in [2.75, 3.05) is 38.5 Å². The molecular formula is C17H21N5O4S. The quantitative estimate of drug-likeness (QED) is 0.588. The monoisotopic (exact) mass is 391 g/mol. The molecule has 1 N–H and O–H groups in total. The Morgan fingerprint density at radius 3 is 2.59 bits per heavy atom. The van der Waals surface area contributed by atoms with Crippen molar-refractivity contribution in [3.63, 3.8) is 0 Å². The van der Waals surface area contributed by atoms with Gasteiger partial charge in [0.1, 0.15) is 5.69 Å². The Balaban J connectivity index is 1.83. The number of nitro benzene ring substituents is 1. The van der Waals surface area contributed by atoms with E-state index < -0.39 is 14.9 Å². The molecule has 1 aromatic carbocycles. The van der Waals surface area contributed by atoms with Crippen LogP contribution in [-0.4, -0.2) is 60.8 Å². The maximum atomic E-state index is 12.8. The van der Waals surface area contributed by atoms with E-state index in [2.05, 4.69) is 10.3 Å². The summed E-state index contributed by atoms with van der Waals surface area (Å²) in [5.41, 5.74) is 0.858. The largest absolute Gasteiger partial charge is 0.375 e.